The van der Waals surface area contributed by atoms with Gasteiger partial charge in [0, 0.05) is 26.6 Å². The Hall–Kier alpha value is -0.900. The van der Waals surface area contributed by atoms with Gasteiger partial charge in [-0.05, 0) is 19.1 Å². The number of aryl methyl sites for hydroxylation is 1. The zero-order valence-electron chi connectivity index (χ0n) is 11.1. The Balaban J connectivity index is 2.59. The van der Waals surface area contributed by atoms with Crippen LogP contribution in [0, 0.1) is 12.8 Å². The smallest absolute Gasteiger partial charge is 0.337 e. The molecule has 0 aliphatic rings. The molecule has 0 amide bonds. The van der Waals surface area contributed by atoms with Crippen molar-refractivity contribution in [2.45, 2.75) is 20.3 Å². The molecule has 1 aromatic rings. The Bertz CT molecular complexity index is 443. The lowest BCUT2D eigenvalue weighted by Gasteiger charge is -2.15. The van der Waals surface area contributed by atoms with E-state index in [-0.39, 0.29) is 17.9 Å². The maximum Gasteiger partial charge on any atom is 0.337 e. The fourth-order valence-corrected chi connectivity index (χ4v) is 2.66. The van der Waals surface area contributed by atoms with Crippen molar-refractivity contribution in [3.63, 3.8) is 0 Å². The molecule has 0 radical (unpaired) electrons. The highest BCUT2D eigenvalue weighted by Gasteiger charge is 2.28. The first-order valence-electron chi connectivity index (χ1n) is 5.68. The Morgan fingerprint density at radius 1 is 1.39 bits per heavy atom. The van der Waals surface area contributed by atoms with Crippen LogP contribution in [0.5, 0.6) is 0 Å². The van der Waals surface area contributed by atoms with Gasteiger partial charge in [0.2, 0.25) is 0 Å². The monoisotopic (exact) mass is 274 g/mol. The van der Waals surface area contributed by atoms with Gasteiger partial charge in [-0.3, -0.25) is 9.36 Å². The third-order valence-electron chi connectivity index (χ3n) is 2.76. The molecule has 6 heteroatoms. The molecule has 5 nitrogen and oxygen atoms in total. The van der Waals surface area contributed by atoms with Gasteiger partial charge in [0.05, 0.1) is 0 Å². The van der Waals surface area contributed by atoms with Crippen LogP contribution >= 0.6 is 7.60 Å². The fraction of sp³-hybridized carbons (Fsp3) is 0.583. The highest BCUT2D eigenvalue weighted by molar-refractivity contribution is 7.54. The van der Waals surface area contributed by atoms with Crippen LogP contribution in [0.3, 0.4) is 0 Å². The van der Waals surface area contributed by atoms with Crippen LogP contribution < -0.4 is 0 Å². The van der Waals surface area contributed by atoms with E-state index in [1.165, 1.54) is 14.2 Å². The molecule has 1 aromatic heterocycles. The lowest BCUT2D eigenvalue weighted by Crippen LogP contribution is -2.18. The average molecular weight is 274 g/mol. The summed E-state index contributed by atoms with van der Waals surface area (Å²) in [6.07, 6.45) is 0.279. The first-order valence-corrected chi connectivity index (χ1v) is 7.41. The summed E-state index contributed by atoms with van der Waals surface area (Å²) >= 11 is 0. The van der Waals surface area contributed by atoms with Gasteiger partial charge in [0.15, 0.2) is 0 Å². The second-order valence-corrected chi connectivity index (χ2v) is 6.49. The van der Waals surface area contributed by atoms with Gasteiger partial charge in [0.25, 0.3) is 0 Å². The van der Waals surface area contributed by atoms with Crippen LogP contribution in [0.4, 0.5) is 0 Å². The molecule has 0 N–H and O–H groups in total. The Morgan fingerprint density at radius 2 is 2.00 bits per heavy atom. The van der Waals surface area contributed by atoms with Crippen molar-refractivity contribution in [2.75, 3.05) is 20.4 Å². The minimum atomic E-state index is -3.27. The van der Waals surface area contributed by atoms with Crippen LogP contribution in [-0.4, -0.2) is 26.2 Å². The predicted molar refractivity (Wildman–Crippen MR) is 67.8 cm³/mol. The molecule has 0 bridgehead atoms. The molecular formula is C12H19O5P. The number of ketones is 1. The standard InChI is InChI=1S/C12H19O5P/c1-9(7-11-6-5-10(2)17-11)12(13)8-18(14,15-3)16-4/h5-6,9H,7-8H2,1-4H3/t9-/m0/s1. The van der Waals surface area contributed by atoms with Crippen molar-refractivity contribution >= 4 is 13.4 Å². The number of Topliss-reactive ketones (excluding diaryl/α,β-unsaturated/α-hetero) is 1. The van der Waals surface area contributed by atoms with Crippen molar-refractivity contribution in [3.8, 4) is 0 Å². The van der Waals surface area contributed by atoms with Gasteiger partial charge in [0.1, 0.15) is 23.5 Å². The number of hydrogen-bond donors (Lipinski definition) is 0. The van der Waals surface area contributed by atoms with E-state index in [4.69, 9.17) is 13.5 Å². The van der Waals surface area contributed by atoms with Crippen LogP contribution in [0.2, 0.25) is 0 Å². The van der Waals surface area contributed by atoms with Crippen LogP contribution in [-0.2, 0) is 24.8 Å². The minimum absolute atomic E-state index is 0.156. The first-order chi connectivity index (χ1) is 8.40. The minimum Gasteiger partial charge on any atom is -0.466 e. The van der Waals surface area contributed by atoms with Crippen LogP contribution in [0.25, 0.3) is 0 Å². The van der Waals surface area contributed by atoms with Gasteiger partial charge >= 0.3 is 7.60 Å². The van der Waals surface area contributed by atoms with Gasteiger partial charge in [-0.25, -0.2) is 0 Å². The number of carbonyl (C=O) groups excluding carboxylic acids is 1. The highest BCUT2D eigenvalue weighted by atomic mass is 31.2. The molecule has 1 heterocycles. The van der Waals surface area contributed by atoms with E-state index >= 15 is 0 Å². The molecule has 18 heavy (non-hydrogen) atoms. The van der Waals surface area contributed by atoms with E-state index in [0.717, 1.165) is 11.5 Å². The predicted octanol–water partition coefficient (Wildman–Crippen LogP) is 2.82. The van der Waals surface area contributed by atoms with Gasteiger partial charge in [-0.15, -0.1) is 0 Å². The number of rotatable bonds is 7. The maximum atomic E-state index is 11.9. The SMILES string of the molecule is COP(=O)(CC(=O)[C@@H](C)Cc1ccc(C)o1)OC. The normalized spacial score (nSPS) is 13.6. The number of hydrogen-bond acceptors (Lipinski definition) is 5. The van der Waals surface area contributed by atoms with Gasteiger partial charge in [-0.1, -0.05) is 6.92 Å². The molecule has 0 saturated heterocycles. The third kappa shape index (κ3) is 4.09. The Labute approximate surface area is 107 Å². The summed E-state index contributed by atoms with van der Waals surface area (Å²) in [7, 11) is -0.719. The largest absolute Gasteiger partial charge is 0.466 e. The van der Waals surface area contributed by atoms with Crippen molar-refractivity contribution < 1.29 is 22.8 Å². The van der Waals surface area contributed by atoms with Crippen molar-refractivity contribution in [1.29, 1.82) is 0 Å². The molecular weight excluding hydrogens is 255 g/mol. The van der Waals surface area contributed by atoms with Gasteiger partial charge < -0.3 is 13.5 Å². The van der Waals surface area contributed by atoms with E-state index < -0.39 is 7.60 Å². The van der Waals surface area contributed by atoms with E-state index in [2.05, 4.69) is 0 Å². The lowest BCUT2D eigenvalue weighted by atomic mass is 10.0. The molecule has 0 aliphatic carbocycles. The van der Waals surface area contributed by atoms with E-state index in [9.17, 15) is 9.36 Å². The van der Waals surface area contributed by atoms with E-state index in [1.54, 1.807) is 6.92 Å². The van der Waals surface area contributed by atoms with Crippen LogP contribution in [0.15, 0.2) is 16.5 Å². The summed E-state index contributed by atoms with van der Waals surface area (Å²) < 4.78 is 26.7. The molecule has 0 saturated carbocycles. The maximum absolute atomic E-state index is 11.9. The molecule has 102 valence electrons. The summed E-state index contributed by atoms with van der Waals surface area (Å²) in [5.74, 6) is 1.12. The summed E-state index contributed by atoms with van der Waals surface area (Å²) in [4.78, 5) is 11.9. The summed E-state index contributed by atoms with van der Waals surface area (Å²) in [5.41, 5.74) is 0. The molecule has 1 rings (SSSR count). The Kier molecular flexibility index (Phi) is 5.32. The summed E-state index contributed by atoms with van der Waals surface area (Å²) in [6.45, 7) is 3.62. The molecule has 0 spiro atoms. The summed E-state index contributed by atoms with van der Waals surface area (Å²) in [6, 6.07) is 3.69. The molecule has 0 unspecified atom stereocenters. The first kappa shape index (κ1) is 15.2. The highest BCUT2D eigenvalue weighted by Crippen LogP contribution is 2.46. The second kappa shape index (κ2) is 6.32. The van der Waals surface area contributed by atoms with Crippen molar-refractivity contribution in [1.82, 2.24) is 0 Å². The van der Waals surface area contributed by atoms with Crippen molar-refractivity contribution in [3.05, 3.63) is 23.7 Å². The molecule has 1 atom stereocenters. The van der Waals surface area contributed by atoms with Crippen LogP contribution in [0.1, 0.15) is 18.4 Å². The van der Waals surface area contributed by atoms with Gasteiger partial charge in [-0.2, -0.15) is 0 Å². The summed E-state index contributed by atoms with van der Waals surface area (Å²) in [5, 5.41) is 0. The average Bonchev–Trinajstić information content (AvgIpc) is 2.74. The zero-order chi connectivity index (χ0) is 13.8. The molecule has 0 aromatic carbocycles. The van der Waals surface area contributed by atoms with E-state index in [0.29, 0.717) is 6.42 Å². The lowest BCUT2D eigenvalue weighted by molar-refractivity contribution is -0.120. The quantitative estimate of drug-likeness (QED) is 0.715. The fourth-order valence-electron chi connectivity index (χ4n) is 1.56. The molecule has 0 aliphatic heterocycles. The second-order valence-electron chi connectivity index (χ2n) is 4.22. The van der Waals surface area contributed by atoms with E-state index in [1.807, 2.05) is 19.1 Å². The topological polar surface area (TPSA) is 65.7 Å². The number of furan rings is 1. The Morgan fingerprint density at radius 3 is 2.44 bits per heavy atom. The zero-order valence-corrected chi connectivity index (χ0v) is 12.0. The molecule has 0 fully saturated rings. The third-order valence-corrected chi connectivity index (χ3v) is 4.57. The van der Waals surface area contributed by atoms with Crippen molar-refractivity contribution in [2.24, 2.45) is 5.92 Å². The number of carbonyl (C=O) groups is 1.